The van der Waals surface area contributed by atoms with Crippen LogP contribution in [0.15, 0.2) is 18.2 Å². The maximum absolute atomic E-state index is 13.7. The van der Waals surface area contributed by atoms with Gasteiger partial charge in [-0.2, -0.15) is 0 Å². The molecule has 0 saturated carbocycles. The number of benzene rings is 2. The Labute approximate surface area is 109 Å². The van der Waals surface area contributed by atoms with E-state index >= 15 is 0 Å². The summed E-state index contributed by atoms with van der Waals surface area (Å²) in [7, 11) is 0. The van der Waals surface area contributed by atoms with E-state index in [0.717, 1.165) is 12.1 Å². The van der Waals surface area contributed by atoms with Gasteiger partial charge in [-0.3, -0.25) is 0 Å². The highest BCUT2D eigenvalue weighted by Crippen LogP contribution is 2.33. The minimum absolute atomic E-state index is 0.0334. The molecule has 0 aliphatic carbocycles. The Balaban J connectivity index is 2.76. The number of halogens is 6. The van der Waals surface area contributed by atoms with E-state index in [1.54, 1.807) is 0 Å². The van der Waals surface area contributed by atoms with Crippen molar-refractivity contribution >= 4 is 0 Å². The van der Waals surface area contributed by atoms with E-state index in [0.29, 0.717) is 5.56 Å². The highest BCUT2D eigenvalue weighted by atomic mass is 19.2. The van der Waals surface area contributed by atoms with Gasteiger partial charge in [0.2, 0.25) is 5.82 Å². The van der Waals surface area contributed by atoms with Crippen LogP contribution in [0.4, 0.5) is 26.3 Å². The van der Waals surface area contributed by atoms with Gasteiger partial charge < -0.3 is 5.73 Å². The van der Waals surface area contributed by atoms with Crippen LogP contribution in [0.5, 0.6) is 0 Å². The largest absolute Gasteiger partial charge is 0.326 e. The van der Waals surface area contributed by atoms with Crippen molar-refractivity contribution in [3.8, 4) is 11.1 Å². The summed E-state index contributed by atoms with van der Waals surface area (Å²) >= 11 is 0. The number of rotatable bonds is 2. The van der Waals surface area contributed by atoms with Crippen LogP contribution < -0.4 is 5.73 Å². The van der Waals surface area contributed by atoms with E-state index in [1.807, 2.05) is 0 Å². The van der Waals surface area contributed by atoms with Crippen molar-refractivity contribution in [3.63, 3.8) is 0 Å². The van der Waals surface area contributed by atoms with Gasteiger partial charge in [0, 0.05) is 12.1 Å². The van der Waals surface area contributed by atoms with Gasteiger partial charge in [-0.05, 0) is 11.6 Å². The normalized spacial score (nSPS) is 10.9. The van der Waals surface area contributed by atoms with Gasteiger partial charge in [0.1, 0.15) is 5.82 Å². The van der Waals surface area contributed by atoms with Crippen LogP contribution in [0.25, 0.3) is 11.1 Å². The molecule has 0 bridgehead atoms. The lowest BCUT2D eigenvalue weighted by Gasteiger charge is -2.10. The van der Waals surface area contributed by atoms with Crippen LogP contribution >= 0.6 is 0 Å². The van der Waals surface area contributed by atoms with E-state index < -0.39 is 46.0 Å². The van der Waals surface area contributed by atoms with Crippen LogP contribution in [-0.2, 0) is 6.54 Å². The second-order valence-corrected chi connectivity index (χ2v) is 3.96. The molecule has 2 aromatic carbocycles. The summed E-state index contributed by atoms with van der Waals surface area (Å²) < 4.78 is 79.8. The quantitative estimate of drug-likeness (QED) is 0.510. The lowest BCUT2D eigenvalue weighted by atomic mass is 10.0. The maximum Gasteiger partial charge on any atom is 0.200 e. The molecule has 0 spiro atoms. The van der Waals surface area contributed by atoms with Gasteiger partial charge in [-0.15, -0.1) is 0 Å². The lowest BCUT2D eigenvalue weighted by Crippen LogP contribution is -2.05. The van der Waals surface area contributed by atoms with Crippen molar-refractivity contribution in [1.82, 2.24) is 0 Å². The fourth-order valence-electron chi connectivity index (χ4n) is 1.73. The molecule has 7 heteroatoms. The molecule has 0 aliphatic rings. The maximum atomic E-state index is 13.7. The third-order valence-electron chi connectivity index (χ3n) is 2.75. The van der Waals surface area contributed by atoms with Gasteiger partial charge in [0.25, 0.3) is 0 Å². The molecule has 2 rings (SSSR count). The average molecular weight is 291 g/mol. The Morgan fingerprint density at radius 1 is 0.750 bits per heavy atom. The van der Waals surface area contributed by atoms with Gasteiger partial charge in [0.15, 0.2) is 23.3 Å². The Morgan fingerprint density at radius 3 is 1.70 bits per heavy atom. The van der Waals surface area contributed by atoms with Gasteiger partial charge in [0.05, 0.1) is 5.56 Å². The van der Waals surface area contributed by atoms with Crippen molar-refractivity contribution in [2.45, 2.75) is 6.54 Å². The third-order valence-corrected chi connectivity index (χ3v) is 2.75. The zero-order valence-electron chi connectivity index (χ0n) is 9.78. The summed E-state index contributed by atoms with van der Waals surface area (Å²) in [6.07, 6.45) is 0. The molecule has 0 radical (unpaired) electrons. The molecule has 1 nitrogen and oxygen atoms in total. The molecule has 0 saturated heterocycles. The van der Waals surface area contributed by atoms with Gasteiger partial charge in [-0.1, -0.05) is 12.1 Å². The van der Waals surface area contributed by atoms with E-state index in [2.05, 4.69) is 0 Å². The van der Waals surface area contributed by atoms with Crippen LogP contribution in [0.3, 0.4) is 0 Å². The zero-order valence-corrected chi connectivity index (χ0v) is 9.78. The Hall–Kier alpha value is -2.02. The fraction of sp³-hybridized carbons (Fsp3) is 0.0769. The number of hydrogen-bond donors (Lipinski definition) is 1. The zero-order chi connectivity index (χ0) is 15.0. The predicted octanol–water partition coefficient (Wildman–Crippen LogP) is 3.65. The fourth-order valence-corrected chi connectivity index (χ4v) is 1.73. The van der Waals surface area contributed by atoms with E-state index in [9.17, 15) is 26.3 Å². The molecule has 0 atom stereocenters. The molecule has 0 unspecified atom stereocenters. The molecule has 20 heavy (non-hydrogen) atoms. The van der Waals surface area contributed by atoms with E-state index in [-0.39, 0.29) is 6.54 Å². The smallest absolute Gasteiger partial charge is 0.200 e. The first kappa shape index (κ1) is 14.4. The highest BCUT2D eigenvalue weighted by Gasteiger charge is 2.27. The Bertz CT molecular complexity index is 654. The standard InChI is InChI=1S/C13H7F6N/c14-7-3-5(4-20)1-2-6(7)8-9(15)11(17)13(19)12(18)10(8)16/h1-3H,4,20H2. The Morgan fingerprint density at radius 2 is 1.25 bits per heavy atom. The molecule has 0 heterocycles. The lowest BCUT2D eigenvalue weighted by molar-refractivity contribution is 0.381. The minimum Gasteiger partial charge on any atom is -0.326 e. The predicted molar refractivity (Wildman–Crippen MR) is 59.5 cm³/mol. The summed E-state index contributed by atoms with van der Waals surface area (Å²) in [6.45, 7) is -0.0334. The van der Waals surface area contributed by atoms with Crippen molar-refractivity contribution in [2.75, 3.05) is 0 Å². The molecule has 2 aromatic rings. The van der Waals surface area contributed by atoms with Gasteiger partial charge in [-0.25, -0.2) is 26.3 Å². The number of nitrogens with two attached hydrogens (primary N) is 1. The topological polar surface area (TPSA) is 26.0 Å². The van der Waals surface area contributed by atoms with Gasteiger partial charge >= 0.3 is 0 Å². The summed E-state index contributed by atoms with van der Waals surface area (Å²) in [4.78, 5) is 0. The Kier molecular flexibility index (Phi) is 3.71. The molecule has 0 aliphatic heterocycles. The SMILES string of the molecule is NCc1ccc(-c2c(F)c(F)c(F)c(F)c2F)c(F)c1. The molecular weight excluding hydrogens is 284 g/mol. The summed E-state index contributed by atoms with van der Waals surface area (Å²) in [6, 6.07) is 3.01. The second kappa shape index (κ2) is 5.16. The summed E-state index contributed by atoms with van der Waals surface area (Å²) in [5, 5.41) is 0. The average Bonchev–Trinajstić information content (AvgIpc) is 2.44. The summed E-state index contributed by atoms with van der Waals surface area (Å²) in [5.41, 5.74) is 3.54. The molecule has 0 fully saturated rings. The van der Waals surface area contributed by atoms with Crippen LogP contribution in [-0.4, -0.2) is 0 Å². The van der Waals surface area contributed by atoms with Crippen molar-refractivity contribution < 1.29 is 26.3 Å². The third kappa shape index (κ3) is 2.14. The molecule has 106 valence electrons. The first-order valence-electron chi connectivity index (χ1n) is 5.38. The van der Waals surface area contributed by atoms with Crippen LogP contribution in [0.2, 0.25) is 0 Å². The van der Waals surface area contributed by atoms with E-state index in [1.165, 1.54) is 6.07 Å². The highest BCUT2D eigenvalue weighted by molar-refractivity contribution is 5.66. The second-order valence-electron chi connectivity index (χ2n) is 3.96. The van der Waals surface area contributed by atoms with Crippen LogP contribution in [0, 0.1) is 34.9 Å². The first-order chi connectivity index (χ1) is 9.38. The minimum atomic E-state index is -2.29. The molecule has 2 N–H and O–H groups in total. The number of hydrogen-bond acceptors (Lipinski definition) is 1. The molecular formula is C13H7F6N. The first-order valence-corrected chi connectivity index (χ1v) is 5.38. The monoisotopic (exact) mass is 291 g/mol. The van der Waals surface area contributed by atoms with Crippen molar-refractivity contribution in [1.29, 1.82) is 0 Å². The van der Waals surface area contributed by atoms with Crippen molar-refractivity contribution in [2.24, 2.45) is 5.73 Å². The molecule has 0 aromatic heterocycles. The van der Waals surface area contributed by atoms with E-state index in [4.69, 9.17) is 5.73 Å². The molecule has 0 amide bonds. The van der Waals surface area contributed by atoms with Crippen molar-refractivity contribution in [3.05, 3.63) is 58.7 Å². The summed E-state index contributed by atoms with van der Waals surface area (Å²) in [5.74, 6) is -11.8. The van der Waals surface area contributed by atoms with Crippen LogP contribution in [0.1, 0.15) is 5.56 Å².